The number of alkyl halides is 3. The fourth-order valence-electron chi connectivity index (χ4n) is 4.51. The fourth-order valence-corrected chi connectivity index (χ4v) is 4.51. The number of morpholine rings is 1. The number of pyridine rings is 1. The SMILES string of the molecule is CNc1ccc(N2CC(NC(=O)CN3CCOCC3)CC(C(F)(F)F)C2)c2cccnc12. The summed E-state index contributed by atoms with van der Waals surface area (Å²) in [4.78, 5) is 20.7. The zero-order chi connectivity index (χ0) is 22.7. The van der Waals surface area contributed by atoms with Crippen molar-refractivity contribution in [3.63, 3.8) is 0 Å². The third-order valence-corrected chi connectivity index (χ3v) is 6.11. The number of carbonyl (C=O) groups is 1. The van der Waals surface area contributed by atoms with Gasteiger partial charge in [-0.15, -0.1) is 0 Å². The minimum atomic E-state index is -4.34. The second kappa shape index (κ2) is 9.50. The molecule has 0 radical (unpaired) electrons. The van der Waals surface area contributed by atoms with Crippen LogP contribution in [0, 0.1) is 5.92 Å². The van der Waals surface area contributed by atoms with E-state index in [1.807, 2.05) is 23.1 Å². The van der Waals surface area contributed by atoms with Gasteiger partial charge in [-0.3, -0.25) is 14.7 Å². The first-order chi connectivity index (χ1) is 15.3. The van der Waals surface area contributed by atoms with Crippen molar-refractivity contribution in [2.45, 2.75) is 18.6 Å². The highest BCUT2D eigenvalue weighted by Crippen LogP contribution is 2.38. The summed E-state index contributed by atoms with van der Waals surface area (Å²) >= 11 is 0. The van der Waals surface area contributed by atoms with Gasteiger partial charge in [0.2, 0.25) is 5.91 Å². The quantitative estimate of drug-likeness (QED) is 0.728. The number of piperidine rings is 1. The van der Waals surface area contributed by atoms with Crippen LogP contribution >= 0.6 is 0 Å². The van der Waals surface area contributed by atoms with Crippen LogP contribution < -0.4 is 15.5 Å². The second-order valence-corrected chi connectivity index (χ2v) is 8.31. The minimum Gasteiger partial charge on any atom is -0.386 e. The Morgan fingerprint density at radius 3 is 2.72 bits per heavy atom. The highest BCUT2D eigenvalue weighted by atomic mass is 19.4. The Hall–Kier alpha value is -2.59. The summed E-state index contributed by atoms with van der Waals surface area (Å²) < 4.78 is 46.6. The summed E-state index contributed by atoms with van der Waals surface area (Å²) in [7, 11) is 1.78. The van der Waals surface area contributed by atoms with Gasteiger partial charge in [0, 0.05) is 56.5 Å². The van der Waals surface area contributed by atoms with Crippen molar-refractivity contribution in [1.29, 1.82) is 0 Å². The molecular weight excluding hydrogens is 423 g/mol. The lowest BCUT2D eigenvalue weighted by molar-refractivity contribution is -0.178. The Labute approximate surface area is 184 Å². The standard InChI is InChI=1S/C22H28F3N5O2/c1-26-18-4-5-19(17-3-2-6-27-21(17)18)30-12-15(22(23,24)25)11-16(13-30)28-20(31)14-29-7-9-32-10-8-29/h2-6,15-16,26H,7-14H2,1H3,(H,28,31). The fraction of sp³-hybridized carbons (Fsp3) is 0.545. The number of aromatic nitrogens is 1. The number of halogens is 3. The number of benzene rings is 1. The van der Waals surface area contributed by atoms with Crippen LogP contribution in [-0.4, -0.2) is 81.0 Å². The molecule has 4 rings (SSSR count). The number of fused-ring (bicyclic) bond motifs is 1. The lowest BCUT2D eigenvalue weighted by Gasteiger charge is -2.40. The van der Waals surface area contributed by atoms with Gasteiger partial charge in [0.05, 0.1) is 36.9 Å². The molecule has 32 heavy (non-hydrogen) atoms. The molecular formula is C22H28F3N5O2. The summed E-state index contributed by atoms with van der Waals surface area (Å²) in [5.74, 6) is -1.78. The van der Waals surface area contributed by atoms with Gasteiger partial charge >= 0.3 is 6.18 Å². The van der Waals surface area contributed by atoms with E-state index in [0.717, 1.165) is 11.1 Å². The molecule has 174 valence electrons. The molecule has 0 saturated carbocycles. The zero-order valence-electron chi connectivity index (χ0n) is 18.0. The van der Waals surface area contributed by atoms with E-state index in [2.05, 4.69) is 15.6 Å². The van der Waals surface area contributed by atoms with E-state index in [-0.39, 0.29) is 25.4 Å². The van der Waals surface area contributed by atoms with Crippen molar-refractivity contribution in [3.8, 4) is 0 Å². The Kier molecular flexibility index (Phi) is 6.71. The summed E-state index contributed by atoms with van der Waals surface area (Å²) in [5, 5.41) is 6.70. The van der Waals surface area contributed by atoms with Gasteiger partial charge in [-0.1, -0.05) is 0 Å². The van der Waals surface area contributed by atoms with Crippen molar-refractivity contribution in [1.82, 2.24) is 15.2 Å². The van der Waals surface area contributed by atoms with E-state index >= 15 is 0 Å². The first-order valence-electron chi connectivity index (χ1n) is 10.8. The lowest BCUT2D eigenvalue weighted by Crippen LogP contribution is -2.55. The first kappa shape index (κ1) is 22.6. The number of hydrogen-bond acceptors (Lipinski definition) is 6. The average Bonchev–Trinajstić information content (AvgIpc) is 2.78. The molecule has 0 aliphatic carbocycles. The summed E-state index contributed by atoms with van der Waals surface area (Å²) in [6.45, 7) is 2.74. The van der Waals surface area contributed by atoms with Gasteiger partial charge in [0.15, 0.2) is 0 Å². The van der Waals surface area contributed by atoms with Gasteiger partial charge in [-0.05, 0) is 30.7 Å². The van der Waals surface area contributed by atoms with Crippen LogP contribution in [0.15, 0.2) is 30.5 Å². The van der Waals surface area contributed by atoms with Crippen molar-refractivity contribution in [2.75, 3.05) is 63.2 Å². The van der Waals surface area contributed by atoms with Crippen molar-refractivity contribution < 1.29 is 22.7 Å². The maximum atomic E-state index is 13.8. The number of carbonyl (C=O) groups excluding carboxylic acids is 1. The number of nitrogens with zero attached hydrogens (tertiary/aromatic N) is 3. The number of rotatable bonds is 5. The number of anilines is 2. The smallest absolute Gasteiger partial charge is 0.386 e. The molecule has 0 bridgehead atoms. The third kappa shape index (κ3) is 5.07. The number of ether oxygens (including phenoxy) is 1. The molecule has 2 aromatic rings. The summed E-state index contributed by atoms with van der Waals surface area (Å²) in [6, 6.07) is 6.69. The number of hydrogen-bond donors (Lipinski definition) is 2. The Morgan fingerprint density at radius 2 is 2.00 bits per heavy atom. The molecule has 2 unspecified atom stereocenters. The Morgan fingerprint density at radius 1 is 1.22 bits per heavy atom. The summed E-state index contributed by atoms with van der Waals surface area (Å²) in [5.41, 5.74) is 2.20. The van der Waals surface area contributed by atoms with Crippen LogP contribution in [0.2, 0.25) is 0 Å². The average molecular weight is 451 g/mol. The van der Waals surface area contributed by atoms with Crippen LogP contribution in [0.25, 0.3) is 10.9 Å². The van der Waals surface area contributed by atoms with E-state index in [0.29, 0.717) is 44.1 Å². The van der Waals surface area contributed by atoms with Crippen LogP contribution in [-0.2, 0) is 9.53 Å². The highest BCUT2D eigenvalue weighted by molar-refractivity contribution is 5.99. The van der Waals surface area contributed by atoms with E-state index in [4.69, 9.17) is 4.74 Å². The van der Waals surface area contributed by atoms with Crippen LogP contribution in [0.5, 0.6) is 0 Å². The molecule has 2 aliphatic heterocycles. The largest absolute Gasteiger partial charge is 0.393 e. The predicted octanol–water partition coefficient (Wildman–Crippen LogP) is 2.48. The van der Waals surface area contributed by atoms with Crippen LogP contribution in [0.1, 0.15) is 6.42 Å². The van der Waals surface area contributed by atoms with Gasteiger partial charge in [-0.25, -0.2) is 0 Å². The molecule has 1 amide bonds. The molecule has 2 N–H and O–H groups in total. The molecule has 3 heterocycles. The minimum absolute atomic E-state index is 0.125. The van der Waals surface area contributed by atoms with Crippen molar-refractivity contribution in [2.24, 2.45) is 5.92 Å². The van der Waals surface area contributed by atoms with Gasteiger partial charge in [-0.2, -0.15) is 13.2 Å². The molecule has 7 nitrogen and oxygen atoms in total. The highest BCUT2D eigenvalue weighted by Gasteiger charge is 2.45. The first-order valence-corrected chi connectivity index (χ1v) is 10.8. The molecule has 10 heteroatoms. The molecule has 2 fully saturated rings. The molecule has 2 aliphatic rings. The second-order valence-electron chi connectivity index (χ2n) is 8.31. The van der Waals surface area contributed by atoms with Gasteiger partial charge < -0.3 is 20.3 Å². The molecule has 0 spiro atoms. The van der Waals surface area contributed by atoms with Crippen LogP contribution in [0.4, 0.5) is 24.5 Å². The Balaban J connectivity index is 1.56. The predicted molar refractivity (Wildman–Crippen MR) is 117 cm³/mol. The Bertz CT molecular complexity index is 949. The molecule has 2 atom stereocenters. The third-order valence-electron chi connectivity index (χ3n) is 6.11. The topological polar surface area (TPSA) is 69.7 Å². The van der Waals surface area contributed by atoms with Crippen molar-refractivity contribution >= 4 is 28.2 Å². The van der Waals surface area contributed by atoms with E-state index in [1.165, 1.54) is 0 Å². The van der Waals surface area contributed by atoms with Crippen LogP contribution in [0.3, 0.4) is 0 Å². The lowest BCUT2D eigenvalue weighted by atomic mass is 9.92. The van der Waals surface area contributed by atoms with Crippen molar-refractivity contribution in [3.05, 3.63) is 30.5 Å². The van der Waals surface area contributed by atoms with E-state index in [9.17, 15) is 18.0 Å². The van der Waals surface area contributed by atoms with Gasteiger partial charge in [0.25, 0.3) is 0 Å². The monoisotopic (exact) mass is 451 g/mol. The van der Waals surface area contributed by atoms with Gasteiger partial charge in [0.1, 0.15) is 0 Å². The zero-order valence-corrected chi connectivity index (χ0v) is 18.0. The molecule has 2 saturated heterocycles. The van der Waals surface area contributed by atoms with E-state index < -0.39 is 18.1 Å². The maximum Gasteiger partial charge on any atom is 0.393 e. The normalized spacial score (nSPS) is 22.7. The molecule has 1 aromatic carbocycles. The maximum absolute atomic E-state index is 13.8. The molecule has 1 aromatic heterocycles. The number of nitrogens with one attached hydrogen (secondary N) is 2. The number of amides is 1. The van der Waals surface area contributed by atoms with E-state index in [1.54, 1.807) is 24.2 Å². The summed E-state index contributed by atoms with van der Waals surface area (Å²) in [6.07, 6.45) is -2.80.